The molecular weight excluding hydrogens is 256 g/mol. The molecule has 2 heteroatoms. The van der Waals surface area contributed by atoms with Crippen molar-refractivity contribution in [3.63, 3.8) is 0 Å². The van der Waals surface area contributed by atoms with Gasteiger partial charge in [-0.25, -0.2) is 0 Å². The summed E-state index contributed by atoms with van der Waals surface area (Å²) in [7, 11) is 0. The minimum absolute atomic E-state index is 0.507. The number of nitrogens with zero attached hydrogens (tertiary/aromatic N) is 1. The molecule has 0 amide bonds. The van der Waals surface area contributed by atoms with E-state index in [0.717, 1.165) is 13.1 Å². The zero-order valence-electron chi connectivity index (χ0n) is 14.3. The van der Waals surface area contributed by atoms with Gasteiger partial charge in [-0.1, -0.05) is 32.9 Å². The molecule has 0 aliphatic carbocycles. The second-order valence-electron chi connectivity index (χ2n) is 7.30. The van der Waals surface area contributed by atoms with Crippen molar-refractivity contribution in [2.45, 2.75) is 59.9 Å². The summed E-state index contributed by atoms with van der Waals surface area (Å²) >= 11 is 0. The van der Waals surface area contributed by atoms with Crippen LogP contribution in [0, 0.1) is 12.3 Å². The minimum atomic E-state index is 0.507. The Morgan fingerprint density at radius 3 is 2.71 bits per heavy atom. The van der Waals surface area contributed by atoms with E-state index in [2.05, 4.69) is 56.1 Å². The van der Waals surface area contributed by atoms with E-state index in [-0.39, 0.29) is 0 Å². The lowest BCUT2D eigenvalue weighted by Crippen LogP contribution is -2.25. The fourth-order valence-corrected chi connectivity index (χ4v) is 3.26. The van der Waals surface area contributed by atoms with E-state index in [1.165, 1.54) is 55.6 Å². The molecule has 0 aromatic heterocycles. The van der Waals surface area contributed by atoms with E-state index in [0.29, 0.717) is 5.41 Å². The van der Waals surface area contributed by atoms with Gasteiger partial charge in [0, 0.05) is 25.3 Å². The Morgan fingerprint density at radius 2 is 2.00 bits per heavy atom. The molecular formula is C19H32N2. The number of nitrogens with one attached hydrogen (secondary N) is 1. The van der Waals surface area contributed by atoms with E-state index >= 15 is 0 Å². The summed E-state index contributed by atoms with van der Waals surface area (Å²) in [5, 5.41) is 3.48. The standard InChI is InChI=1S/C19H32N2/c1-5-11-20-15-17-7-8-18(16(2)14-17)21-12-6-9-19(3,4)10-13-21/h7-8,14,20H,5-6,9-13,15H2,1-4H3. The Hall–Kier alpha value is -1.02. The Morgan fingerprint density at radius 1 is 1.19 bits per heavy atom. The van der Waals surface area contributed by atoms with Crippen molar-refractivity contribution < 1.29 is 0 Å². The van der Waals surface area contributed by atoms with Crippen LogP contribution in [-0.2, 0) is 6.54 Å². The number of anilines is 1. The first kappa shape index (κ1) is 16.4. The highest BCUT2D eigenvalue weighted by atomic mass is 15.1. The summed E-state index contributed by atoms with van der Waals surface area (Å²) in [6, 6.07) is 6.98. The lowest BCUT2D eigenvalue weighted by Gasteiger charge is -2.26. The first-order valence-corrected chi connectivity index (χ1v) is 8.57. The van der Waals surface area contributed by atoms with Crippen molar-refractivity contribution in [3.8, 4) is 0 Å². The third-order valence-corrected chi connectivity index (χ3v) is 4.70. The third kappa shape index (κ3) is 4.74. The van der Waals surface area contributed by atoms with Gasteiger partial charge in [-0.3, -0.25) is 0 Å². The molecule has 0 spiro atoms. The van der Waals surface area contributed by atoms with Crippen molar-refractivity contribution in [2.75, 3.05) is 24.5 Å². The van der Waals surface area contributed by atoms with Gasteiger partial charge in [0.1, 0.15) is 0 Å². The van der Waals surface area contributed by atoms with E-state index in [4.69, 9.17) is 0 Å². The SMILES string of the molecule is CCCNCc1ccc(N2CCCC(C)(C)CC2)c(C)c1. The summed E-state index contributed by atoms with van der Waals surface area (Å²) in [6.45, 7) is 13.8. The molecule has 0 bridgehead atoms. The zero-order chi connectivity index (χ0) is 15.3. The zero-order valence-corrected chi connectivity index (χ0v) is 14.3. The molecule has 118 valence electrons. The Labute approximate surface area is 130 Å². The van der Waals surface area contributed by atoms with Gasteiger partial charge in [0.05, 0.1) is 0 Å². The summed E-state index contributed by atoms with van der Waals surface area (Å²) in [5.74, 6) is 0. The quantitative estimate of drug-likeness (QED) is 0.802. The number of hydrogen-bond acceptors (Lipinski definition) is 2. The van der Waals surface area contributed by atoms with E-state index < -0.39 is 0 Å². The maximum atomic E-state index is 3.48. The Bertz CT molecular complexity index is 451. The summed E-state index contributed by atoms with van der Waals surface area (Å²) in [6.07, 6.45) is 5.15. The second-order valence-corrected chi connectivity index (χ2v) is 7.30. The van der Waals surface area contributed by atoms with Crippen LogP contribution in [0.4, 0.5) is 5.69 Å². The molecule has 2 nitrogen and oxygen atoms in total. The van der Waals surface area contributed by atoms with E-state index in [1.807, 2.05) is 0 Å². The van der Waals surface area contributed by atoms with Gasteiger partial charge in [0.25, 0.3) is 0 Å². The van der Waals surface area contributed by atoms with Gasteiger partial charge in [0.2, 0.25) is 0 Å². The van der Waals surface area contributed by atoms with Crippen LogP contribution in [0.5, 0.6) is 0 Å². The fourth-order valence-electron chi connectivity index (χ4n) is 3.26. The number of benzene rings is 1. The van der Waals surface area contributed by atoms with Crippen LogP contribution in [0.2, 0.25) is 0 Å². The van der Waals surface area contributed by atoms with Crippen molar-refractivity contribution in [1.82, 2.24) is 5.32 Å². The number of aryl methyl sites for hydroxylation is 1. The Kier molecular flexibility index (Phi) is 5.69. The van der Waals surface area contributed by atoms with Crippen LogP contribution in [0.25, 0.3) is 0 Å². The average molecular weight is 288 g/mol. The first-order chi connectivity index (χ1) is 10.0. The Balaban J connectivity index is 2.03. The maximum Gasteiger partial charge on any atom is 0.0396 e. The molecule has 0 unspecified atom stereocenters. The normalized spacial score (nSPS) is 18.6. The van der Waals surface area contributed by atoms with Crippen molar-refractivity contribution >= 4 is 5.69 Å². The van der Waals surface area contributed by atoms with Gasteiger partial charge in [-0.05, 0) is 61.8 Å². The summed E-state index contributed by atoms with van der Waals surface area (Å²) < 4.78 is 0. The molecule has 1 aliphatic rings. The molecule has 0 atom stereocenters. The molecule has 1 fully saturated rings. The predicted octanol–water partition coefficient (Wildman–Crippen LogP) is 4.51. The lowest BCUT2D eigenvalue weighted by atomic mass is 9.85. The molecule has 1 saturated heterocycles. The fraction of sp³-hybridized carbons (Fsp3) is 0.684. The molecule has 1 aliphatic heterocycles. The van der Waals surface area contributed by atoms with Crippen LogP contribution in [0.3, 0.4) is 0 Å². The van der Waals surface area contributed by atoms with Gasteiger partial charge >= 0.3 is 0 Å². The van der Waals surface area contributed by atoms with Gasteiger partial charge in [-0.15, -0.1) is 0 Å². The molecule has 21 heavy (non-hydrogen) atoms. The van der Waals surface area contributed by atoms with Crippen LogP contribution >= 0.6 is 0 Å². The highest BCUT2D eigenvalue weighted by molar-refractivity contribution is 5.54. The monoisotopic (exact) mass is 288 g/mol. The first-order valence-electron chi connectivity index (χ1n) is 8.57. The largest absolute Gasteiger partial charge is 0.371 e. The van der Waals surface area contributed by atoms with Gasteiger partial charge in [-0.2, -0.15) is 0 Å². The molecule has 0 radical (unpaired) electrons. The number of rotatable bonds is 5. The van der Waals surface area contributed by atoms with Crippen molar-refractivity contribution in [1.29, 1.82) is 0 Å². The van der Waals surface area contributed by atoms with Crippen LogP contribution in [0.15, 0.2) is 18.2 Å². The second kappa shape index (κ2) is 7.31. The highest BCUT2D eigenvalue weighted by Crippen LogP contribution is 2.32. The minimum Gasteiger partial charge on any atom is -0.371 e. The van der Waals surface area contributed by atoms with Crippen LogP contribution < -0.4 is 10.2 Å². The highest BCUT2D eigenvalue weighted by Gasteiger charge is 2.23. The van der Waals surface area contributed by atoms with Crippen LogP contribution in [-0.4, -0.2) is 19.6 Å². The number of hydrogen-bond donors (Lipinski definition) is 1. The molecule has 1 aromatic rings. The topological polar surface area (TPSA) is 15.3 Å². The van der Waals surface area contributed by atoms with E-state index in [1.54, 1.807) is 0 Å². The molecule has 1 heterocycles. The van der Waals surface area contributed by atoms with Crippen molar-refractivity contribution in [2.24, 2.45) is 5.41 Å². The van der Waals surface area contributed by atoms with Gasteiger partial charge in [0.15, 0.2) is 0 Å². The summed E-state index contributed by atoms with van der Waals surface area (Å²) in [5.41, 5.74) is 4.77. The molecule has 0 saturated carbocycles. The lowest BCUT2D eigenvalue weighted by molar-refractivity contribution is 0.325. The molecule has 1 N–H and O–H groups in total. The smallest absolute Gasteiger partial charge is 0.0396 e. The maximum absolute atomic E-state index is 3.48. The van der Waals surface area contributed by atoms with Gasteiger partial charge < -0.3 is 10.2 Å². The average Bonchev–Trinajstić information content (AvgIpc) is 2.60. The third-order valence-electron chi connectivity index (χ3n) is 4.70. The predicted molar refractivity (Wildman–Crippen MR) is 93.0 cm³/mol. The van der Waals surface area contributed by atoms with E-state index in [9.17, 15) is 0 Å². The summed E-state index contributed by atoms with van der Waals surface area (Å²) in [4.78, 5) is 2.59. The van der Waals surface area contributed by atoms with Crippen LogP contribution in [0.1, 0.15) is 57.6 Å². The molecule has 1 aromatic carbocycles. The van der Waals surface area contributed by atoms with Crippen molar-refractivity contribution in [3.05, 3.63) is 29.3 Å². The molecule has 2 rings (SSSR count).